The minimum absolute atomic E-state index is 0.111. The highest BCUT2D eigenvalue weighted by atomic mass is 16.7. The van der Waals surface area contributed by atoms with Crippen molar-refractivity contribution in [2.75, 3.05) is 7.11 Å². The van der Waals surface area contributed by atoms with Crippen LogP contribution in [0.1, 0.15) is 40.5 Å². The minimum atomic E-state index is -0.595. The van der Waals surface area contributed by atoms with Gasteiger partial charge in [-0.2, -0.15) is 5.06 Å². The number of methoxy groups -OCH3 is 1. The topological polar surface area (TPSA) is 65.1 Å². The predicted molar refractivity (Wildman–Crippen MR) is 63.7 cm³/mol. The number of esters is 1. The van der Waals surface area contributed by atoms with Crippen molar-refractivity contribution in [1.82, 2.24) is 5.06 Å². The van der Waals surface area contributed by atoms with Crippen LogP contribution < -0.4 is 0 Å². The summed E-state index contributed by atoms with van der Waals surface area (Å²) in [6.07, 6.45) is 0.0157. The molecule has 0 unspecified atom stereocenters. The Kier molecular flexibility index (Phi) is 4.56. The van der Waals surface area contributed by atoms with Crippen molar-refractivity contribution >= 4 is 12.1 Å². The van der Waals surface area contributed by atoms with E-state index in [1.807, 2.05) is 6.92 Å². The summed E-state index contributed by atoms with van der Waals surface area (Å²) in [5, 5.41) is 1.15. The van der Waals surface area contributed by atoms with Crippen LogP contribution in [0.15, 0.2) is 0 Å². The van der Waals surface area contributed by atoms with Crippen molar-refractivity contribution in [2.24, 2.45) is 0 Å². The molecule has 1 rings (SSSR count). The molecule has 6 heteroatoms. The Hall–Kier alpha value is -1.30. The molecule has 0 spiro atoms. The third kappa shape index (κ3) is 4.18. The number of ether oxygens (including phenoxy) is 2. The molecular formula is C12H21NO5. The quantitative estimate of drug-likeness (QED) is 0.708. The van der Waals surface area contributed by atoms with Crippen LogP contribution in [-0.2, 0) is 19.1 Å². The highest BCUT2D eigenvalue weighted by Gasteiger charge is 2.38. The van der Waals surface area contributed by atoms with E-state index in [4.69, 9.17) is 9.57 Å². The van der Waals surface area contributed by atoms with E-state index >= 15 is 0 Å². The third-order valence-electron chi connectivity index (χ3n) is 2.43. The zero-order valence-corrected chi connectivity index (χ0v) is 11.6. The van der Waals surface area contributed by atoms with Crippen LogP contribution in [0.5, 0.6) is 0 Å². The van der Waals surface area contributed by atoms with Crippen LogP contribution in [0.3, 0.4) is 0 Å². The summed E-state index contributed by atoms with van der Waals surface area (Å²) in [5.41, 5.74) is -0.595. The van der Waals surface area contributed by atoms with Gasteiger partial charge in [-0.25, -0.2) is 4.79 Å². The second kappa shape index (κ2) is 5.56. The molecule has 2 atom stereocenters. The van der Waals surface area contributed by atoms with E-state index < -0.39 is 11.7 Å². The Morgan fingerprint density at radius 1 is 1.39 bits per heavy atom. The van der Waals surface area contributed by atoms with Crippen molar-refractivity contribution in [1.29, 1.82) is 0 Å². The fourth-order valence-corrected chi connectivity index (χ4v) is 1.74. The molecule has 0 N–H and O–H groups in total. The number of hydrogen-bond acceptors (Lipinski definition) is 5. The lowest BCUT2D eigenvalue weighted by Gasteiger charge is -2.26. The van der Waals surface area contributed by atoms with Gasteiger partial charge < -0.3 is 9.47 Å². The molecule has 0 aromatic rings. The molecule has 104 valence electrons. The Morgan fingerprint density at radius 3 is 2.50 bits per heavy atom. The molecule has 1 heterocycles. The summed E-state index contributed by atoms with van der Waals surface area (Å²) in [4.78, 5) is 28.6. The van der Waals surface area contributed by atoms with Crippen LogP contribution in [0.4, 0.5) is 4.79 Å². The number of amides is 1. The molecule has 0 aromatic carbocycles. The third-order valence-corrected chi connectivity index (χ3v) is 2.43. The van der Waals surface area contributed by atoms with Crippen LogP contribution in [0.2, 0.25) is 0 Å². The molecule has 1 saturated heterocycles. The van der Waals surface area contributed by atoms with Crippen LogP contribution in [-0.4, -0.2) is 42.0 Å². The summed E-state index contributed by atoms with van der Waals surface area (Å²) < 4.78 is 9.83. The lowest BCUT2D eigenvalue weighted by atomic mass is 10.1. The molecule has 0 aliphatic carbocycles. The number of rotatable bonds is 2. The highest BCUT2D eigenvalue weighted by Crippen LogP contribution is 2.25. The predicted octanol–water partition coefficient (Wildman–Crippen LogP) is 1.88. The second-order valence-corrected chi connectivity index (χ2v) is 5.39. The number of carbonyl (C=O) groups is 2. The lowest BCUT2D eigenvalue weighted by molar-refractivity contribution is -0.156. The lowest BCUT2D eigenvalue weighted by Crippen LogP contribution is -2.40. The van der Waals surface area contributed by atoms with Crippen molar-refractivity contribution in [3.63, 3.8) is 0 Å². The number of carbonyl (C=O) groups excluding carboxylic acids is 2. The molecule has 6 nitrogen and oxygen atoms in total. The maximum atomic E-state index is 11.9. The largest absolute Gasteiger partial charge is 0.469 e. The molecular weight excluding hydrogens is 238 g/mol. The smallest absolute Gasteiger partial charge is 0.434 e. The van der Waals surface area contributed by atoms with E-state index in [1.165, 1.54) is 7.11 Å². The fraction of sp³-hybridized carbons (Fsp3) is 0.833. The van der Waals surface area contributed by atoms with Gasteiger partial charge in [0, 0.05) is 0 Å². The summed E-state index contributed by atoms with van der Waals surface area (Å²) in [6, 6.07) is -0.331. The Morgan fingerprint density at radius 2 is 2.00 bits per heavy atom. The van der Waals surface area contributed by atoms with Gasteiger partial charge >= 0.3 is 12.1 Å². The van der Waals surface area contributed by atoms with E-state index in [2.05, 4.69) is 4.74 Å². The summed E-state index contributed by atoms with van der Waals surface area (Å²) >= 11 is 0. The van der Waals surface area contributed by atoms with Gasteiger partial charge in [0.15, 0.2) is 0 Å². The molecule has 1 aliphatic rings. The van der Waals surface area contributed by atoms with Crippen molar-refractivity contribution in [2.45, 2.75) is 58.3 Å². The van der Waals surface area contributed by atoms with Gasteiger partial charge in [-0.15, -0.1) is 0 Å². The maximum absolute atomic E-state index is 11.9. The van der Waals surface area contributed by atoms with Crippen molar-refractivity contribution in [3.05, 3.63) is 0 Å². The second-order valence-electron chi connectivity index (χ2n) is 5.39. The molecule has 1 amide bonds. The number of nitrogens with zero attached hydrogens (tertiary/aromatic N) is 1. The summed E-state index contributed by atoms with van der Waals surface area (Å²) in [6.45, 7) is 7.17. The average Bonchev–Trinajstić information content (AvgIpc) is 2.56. The standard InChI is InChI=1S/C12H21NO5/c1-8-6-9(7-10(14)16-5)13(18-8)11(15)17-12(2,3)4/h8-9H,6-7H2,1-5H3/t8-,9-/m1/s1. The van der Waals surface area contributed by atoms with Gasteiger partial charge in [0.25, 0.3) is 0 Å². The molecule has 1 fully saturated rings. The van der Waals surface area contributed by atoms with Gasteiger partial charge in [-0.05, 0) is 34.1 Å². The first-order chi connectivity index (χ1) is 8.23. The van der Waals surface area contributed by atoms with Crippen molar-refractivity contribution < 1.29 is 23.9 Å². The maximum Gasteiger partial charge on any atom is 0.434 e. The molecule has 0 radical (unpaired) electrons. The number of hydrogen-bond donors (Lipinski definition) is 0. The Balaban J connectivity index is 2.66. The van der Waals surface area contributed by atoms with Gasteiger partial charge in [-0.1, -0.05) is 0 Å². The van der Waals surface area contributed by atoms with Crippen molar-refractivity contribution in [3.8, 4) is 0 Å². The van der Waals surface area contributed by atoms with Gasteiger partial charge in [0.2, 0.25) is 0 Å². The summed E-state index contributed by atoms with van der Waals surface area (Å²) in [5.74, 6) is -0.369. The zero-order valence-electron chi connectivity index (χ0n) is 11.6. The normalized spacial score (nSPS) is 23.9. The van der Waals surface area contributed by atoms with E-state index in [-0.39, 0.29) is 24.5 Å². The molecule has 0 bridgehead atoms. The number of hydroxylamine groups is 2. The Bertz CT molecular complexity index is 323. The van der Waals surface area contributed by atoms with Gasteiger partial charge in [0.1, 0.15) is 5.60 Å². The van der Waals surface area contributed by atoms with Crippen LogP contribution in [0, 0.1) is 0 Å². The highest BCUT2D eigenvalue weighted by molar-refractivity contribution is 5.72. The van der Waals surface area contributed by atoms with E-state index in [0.29, 0.717) is 6.42 Å². The summed E-state index contributed by atoms with van der Waals surface area (Å²) in [7, 11) is 1.32. The first-order valence-electron chi connectivity index (χ1n) is 5.98. The Labute approximate surface area is 107 Å². The average molecular weight is 259 g/mol. The van der Waals surface area contributed by atoms with Gasteiger partial charge in [-0.3, -0.25) is 9.63 Å². The molecule has 18 heavy (non-hydrogen) atoms. The molecule has 1 aliphatic heterocycles. The monoisotopic (exact) mass is 259 g/mol. The fourth-order valence-electron chi connectivity index (χ4n) is 1.74. The zero-order chi connectivity index (χ0) is 13.9. The van der Waals surface area contributed by atoms with E-state index in [9.17, 15) is 9.59 Å². The van der Waals surface area contributed by atoms with Crippen LogP contribution in [0.25, 0.3) is 0 Å². The minimum Gasteiger partial charge on any atom is -0.469 e. The van der Waals surface area contributed by atoms with Gasteiger partial charge in [0.05, 0.1) is 25.7 Å². The van der Waals surface area contributed by atoms with Crippen LogP contribution >= 0.6 is 0 Å². The van der Waals surface area contributed by atoms with E-state index in [0.717, 1.165) is 5.06 Å². The molecule has 0 aromatic heterocycles. The first kappa shape index (κ1) is 14.8. The SMILES string of the molecule is COC(=O)C[C@H]1C[C@@H](C)ON1C(=O)OC(C)(C)C. The first-order valence-corrected chi connectivity index (χ1v) is 5.98. The van der Waals surface area contributed by atoms with E-state index in [1.54, 1.807) is 20.8 Å². The molecule has 0 saturated carbocycles.